The summed E-state index contributed by atoms with van der Waals surface area (Å²) in [5, 5.41) is 5.09. The van der Waals surface area contributed by atoms with Crippen LogP contribution in [0.2, 0.25) is 5.15 Å². The predicted octanol–water partition coefficient (Wildman–Crippen LogP) is 2.83. The summed E-state index contributed by atoms with van der Waals surface area (Å²) in [6.07, 6.45) is 5.51. The predicted molar refractivity (Wildman–Crippen MR) is 71.2 cm³/mol. The van der Waals surface area contributed by atoms with Crippen LogP contribution in [0.4, 0.5) is 0 Å². The van der Waals surface area contributed by atoms with Crippen LogP contribution in [-0.2, 0) is 13.5 Å². The Bertz CT molecular complexity index is 403. The molecule has 4 heteroatoms. The van der Waals surface area contributed by atoms with Crippen molar-refractivity contribution in [2.24, 2.45) is 18.7 Å². The van der Waals surface area contributed by atoms with Gasteiger partial charge in [-0.15, -0.1) is 0 Å². The number of aryl methyl sites for hydroxylation is 2. The maximum Gasteiger partial charge on any atom is 0.130 e. The Hall–Kier alpha value is -0.540. The number of hydrogen-bond donors (Lipinski definition) is 1. The van der Waals surface area contributed by atoms with Gasteiger partial charge in [0, 0.05) is 18.2 Å². The largest absolute Gasteiger partial charge is 0.325 e. The highest BCUT2D eigenvalue weighted by atomic mass is 35.5. The van der Waals surface area contributed by atoms with E-state index in [1.54, 1.807) is 4.68 Å². The molecule has 3 nitrogen and oxygen atoms in total. The Labute approximate surface area is 108 Å². The zero-order valence-corrected chi connectivity index (χ0v) is 11.7. The van der Waals surface area contributed by atoms with Gasteiger partial charge in [0.1, 0.15) is 5.15 Å². The van der Waals surface area contributed by atoms with Crippen LogP contribution in [0.5, 0.6) is 0 Å². The highest BCUT2D eigenvalue weighted by molar-refractivity contribution is 6.30. The fourth-order valence-corrected chi connectivity index (χ4v) is 2.98. The summed E-state index contributed by atoms with van der Waals surface area (Å²) in [5.74, 6) is 0.817. The highest BCUT2D eigenvalue weighted by Crippen LogP contribution is 2.34. The van der Waals surface area contributed by atoms with Crippen molar-refractivity contribution in [3.05, 3.63) is 16.4 Å². The van der Waals surface area contributed by atoms with E-state index < -0.39 is 0 Å². The summed E-state index contributed by atoms with van der Waals surface area (Å²) in [6, 6.07) is 0. The van der Waals surface area contributed by atoms with Gasteiger partial charge in [0.2, 0.25) is 0 Å². The third-order valence-corrected chi connectivity index (χ3v) is 4.54. The average Bonchev–Trinajstić information content (AvgIpc) is 2.50. The van der Waals surface area contributed by atoms with Crippen LogP contribution in [0.3, 0.4) is 0 Å². The van der Waals surface area contributed by atoms with E-state index in [4.69, 9.17) is 17.3 Å². The van der Waals surface area contributed by atoms with Crippen molar-refractivity contribution in [3.63, 3.8) is 0 Å². The van der Waals surface area contributed by atoms with Crippen LogP contribution >= 0.6 is 11.6 Å². The Morgan fingerprint density at radius 1 is 1.47 bits per heavy atom. The molecule has 1 aliphatic carbocycles. The molecule has 0 atom stereocenters. The molecular formula is C13H22ClN3. The maximum atomic E-state index is 6.50. The molecule has 0 amide bonds. The van der Waals surface area contributed by atoms with Crippen LogP contribution < -0.4 is 5.73 Å². The zero-order valence-electron chi connectivity index (χ0n) is 11.0. The standard InChI is InChI=1S/C13H22ClN3/c1-9-4-6-13(15,7-5-9)8-11-10(2)16-17(3)12(11)14/h9H,4-8,15H2,1-3H3. The van der Waals surface area contributed by atoms with Crippen LogP contribution in [0, 0.1) is 12.8 Å². The van der Waals surface area contributed by atoms with Crippen LogP contribution in [-0.4, -0.2) is 15.3 Å². The van der Waals surface area contributed by atoms with Crippen molar-refractivity contribution in [1.29, 1.82) is 0 Å². The quantitative estimate of drug-likeness (QED) is 0.883. The number of halogens is 1. The fourth-order valence-electron chi connectivity index (χ4n) is 2.74. The molecule has 1 aromatic rings. The van der Waals surface area contributed by atoms with Gasteiger partial charge < -0.3 is 5.73 Å². The van der Waals surface area contributed by atoms with Crippen molar-refractivity contribution >= 4 is 11.6 Å². The topological polar surface area (TPSA) is 43.8 Å². The molecule has 0 unspecified atom stereocenters. The summed E-state index contributed by atoms with van der Waals surface area (Å²) in [4.78, 5) is 0. The molecule has 1 aliphatic rings. The van der Waals surface area contributed by atoms with E-state index in [1.807, 2.05) is 14.0 Å². The lowest BCUT2D eigenvalue weighted by Crippen LogP contribution is -2.45. The first-order chi connectivity index (χ1) is 7.91. The molecule has 2 N–H and O–H groups in total. The second-order valence-electron chi connectivity index (χ2n) is 5.70. The molecule has 96 valence electrons. The molecular weight excluding hydrogens is 234 g/mol. The molecule has 1 saturated carbocycles. The molecule has 0 saturated heterocycles. The molecule has 2 rings (SSSR count). The summed E-state index contributed by atoms with van der Waals surface area (Å²) >= 11 is 6.27. The van der Waals surface area contributed by atoms with Gasteiger partial charge in [-0.05, 0) is 44.9 Å². The number of hydrogen-bond acceptors (Lipinski definition) is 2. The number of nitrogens with two attached hydrogens (primary N) is 1. The summed E-state index contributed by atoms with van der Waals surface area (Å²) in [7, 11) is 1.88. The van der Waals surface area contributed by atoms with Gasteiger partial charge in [-0.3, -0.25) is 4.68 Å². The van der Waals surface area contributed by atoms with E-state index in [0.29, 0.717) is 0 Å². The third kappa shape index (κ3) is 2.66. The minimum atomic E-state index is -0.0794. The first-order valence-electron chi connectivity index (χ1n) is 6.38. The molecule has 0 radical (unpaired) electrons. The van der Waals surface area contributed by atoms with Crippen molar-refractivity contribution in [2.75, 3.05) is 0 Å². The molecule has 0 aromatic carbocycles. The Morgan fingerprint density at radius 2 is 2.06 bits per heavy atom. The van der Waals surface area contributed by atoms with E-state index in [1.165, 1.54) is 12.8 Å². The maximum absolute atomic E-state index is 6.50. The van der Waals surface area contributed by atoms with E-state index >= 15 is 0 Å². The Balaban J connectivity index is 2.15. The average molecular weight is 256 g/mol. The SMILES string of the molecule is Cc1nn(C)c(Cl)c1CC1(N)CCC(C)CC1. The van der Waals surface area contributed by atoms with Gasteiger partial charge >= 0.3 is 0 Å². The van der Waals surface area contributed by atoms with Crippen LogP contribution in [0.1, 0.15) is 43.9 Å². The smallest absolute Gasteiger partial charge is 0.130 e. The molecule has 0 bridgehead atoms. The lowest BCUT2D eigenvalue weighted by Gasteiger charge is -2.36. The number of nitrogens with zero attached hydrogens (tertiary/aromatic N) is 2. The fraction of sp³-hybridized carbons (Fsp3) is 0.769. The Morgan fingerprint density at radius 3 is 2.53 bits per heavy atom. The van der Waals surface area contributed by atoms with E-state index in [0.717, 1.165) is 41.6 Å². The van der Waals surface area contributed by atoms with Crippen molar-refractivity contribution in [3.8, 4) is 0 Å². The highest BCUT2D eigenvalue weighted by Gasteiger charge is 2.32. The second kappa shape index (κ2) is 4.62. The van der Waals surface area contributed by atoms with Gasteiger partial charge in [0.25, 0.3) is 0 Å². The molecule has 1 heterocycles. The first-order valence-corrected chi connectivity index (χ1v) is 6.76. The van der Waals surface area contributed by atoms with E-state index in [-0.39, 0.29) is 5.54 Å². The lowest BCUT2D eigenvalue weighted by atomic mass is 9.75. The number of aromatic nitrogens is 2. The lowest BCUT2D eigenvalue weighted by molar-refractivity contribution is 0.243. The van der Waals surface area contributed by atoms with Crippen molar-refractivity contribution in [2.45, 2.75) is 51.5 Å². The monoisotopic (exact) mass is 255 g/mol. The summed E-state index contributed by atoms with van der Waals surface area (Å²) in [5.41, 5.74) is 8.57. The molecule has 0 spiro atoms. The second-order valence-corrected chi connectivity index (χ2v) is 6.06. The van der Waals surface area contributed by atoms with Gasteiger partial charge in [-0.2, -0.15) is 5.10 Å². The van der Waals surface area contributed by atoms with Gasteiger partial charge in [-0.1, -0.05) is 18.5 Å². The zero-order chi connectivity index (χ0) is 12.6. The summed E-state index contributed by atoms with van der Waals surface area (Å²) < 4.78 is 1.74. The molecule has 1 aromatic heterocycles. The van der Waals surface area contributed by atoms with Crippen molar-refractivity contribution < 1.29 is 0 Å². The van der Waals surface area contributed by atoms with Gasteiger partial charge in [-0.25, -0.2) is 0 Å². The normalized spacial score (nSPS) is 29.6. The minimum Gasteiger partial charge on any atom is -0.325 e. The number of rotatable bonds is 2. The minimum absolute atomic E-state index is 0.0794. The molecule has 0 aliphatic heterocycles. The van der Waals surface area contributed by atoms with E-state index in [9.17, 15) is 0 Å². The molecule has 1 fully saturated rings. The van der Waals surface area contributed by atoms with Gasteiger partial charge in [0.05, 0.1) is 5.69 Å². The first kappa shape index (κ1) is 12.9. The van der Waals surface area contributed by atoms with Gasteiger partial charge in [0.15, 0.2) is 0 Å². The molecule has 17 heavy (non-hydrogen) atoms. The third-order valence-electron chi connectivity index (χ3n) is 4.07. The summed E-state index contributed by atoms with van der Waals surface area (Å²) in [6.45, 7) is 4.32. The van der Waals surface area contributed by atoms with E-state index in [2.05, 4.69) is 12.0 Å². The van der Waals surface area contributed by atoms with Crippen LogP contribution in [0.25, 0.3) is 0 Å². The van der Waals surface area contributed by atoms with Crippen LogP contribution in [0.15, 0.2) is 0 Å². The Kier molecular flexibility index (Phi) is 3.50. The van der Waals surface area contributed by atoms with Crippen molar-refractivity contribution in [1.82, 2.24) is 9.78 Å².